The molecule has 0 saturated heterocycles. The maximum absolute atomic E-state index is 13.6. The number of rotatable bonds is 5. The van der Waals surface area contributed by atoms with Crippen LogP contribution in [0, 0.1) is 11.3 Å². The average molecular weight is 401 g/mol. The second-order valence-corrected chi connectivity index (χ2v) is 6.69. The molecule has 0 aliphatic rings. The Labute approximate surface area is 164 Å². The summed E-state index contributed by atoms with van der Waals surface area (Å²) in [7, 11) is 1.50. The number of hydrogen-bond acceptors (Lipinski definition) is 5. The van der Waals surface area contributed by atoms with Crippen LogP contribution in [0.3, 0.4) is 0 Å². The van der Waals surface area contributed by atoms with Gasteiger partial charge >= 0.3 is 6.18 Å². The van der Waals surface area contributed by atoms with Crippen LogP contribution in [-0.2, 0) is 11.9 Å². The van der Waals surface area contributed by atoms with E-state index >= 15 is 0 Å². The summed E-state index contributed by atoms with van der Waals surface area (Å²) in [4.78, 5) is 8.32. The summed E-state index contributed by atoms with van der Waals surface area (Å²) in [6, 6.07) is 12.7. The van der Waals surface area contributed by atoms with Gasteiger partial charge in [-0.15, -0.1) is 11.8 Å². The molecule has 3 aromatic rings. The highest BCUT2D eigenvalue weighted by Gasteiger charge is 2.36. The summed E-state index contributed by atoms with van der Waals surface area (Å²) in [5.74, 6) is 0.929. The molecule has 142 valence electrons. The summed E-state index contributed by atoms with van der Waals surface area (Å²) >= 11 is 1.07. The molecule has 0 radical (unpaired) electrons. The molecule has 0 fully saturated rings. The SMILES string of the molecule is COc1ccc(-c2cc(C(F)(F)F)c(C#N)c(SCc3cccnc3)n2)cc1. The molecule has 0 aliphatic carbocycles. The Morgan fingerprint density at radius 2 is 1.93 bits per heavy atom. The lowest BCUT2D eigenvalue weighted by molar-refractivity contribution is -0.138. The van der Waals surface area contributed by atoms with E-state index in [9.17, 15) is 18.4 Å². The molecule has 0 N–H and O–H groups in total. The van der Waals surface area contributed by atoms with Gasteiger partial charge < -0.3 is 4.74 Å². The fraction of sp³-hybridized carbons (Fsp3) is 0.150. The normalized spacial score (nSPS) is 11.1. The minimum absolute atomic E-state index is 0.0343. The van der Waals surface area contributed by atoms with E-state index in [1.165, 1.54) is 7.11 Å². The van der Waals surface area contributed by atoms with Gasteiger partial charge in [0.05, 0.1) is 23.9 Å². The number of nitriles is 1. The van der Waals surface area contributed by atoms with Crippen molar-refractivity contribution in [2.75, 3.05) is 7.11 Å². The minimum Gasteiger partial charge on any atom is -0.497 e. The number of alkyl halides is 3. The Balaban J connectivity index is 2.06. The van der Waals surface area contributed by atoms with Crippen molar-refractivity contribution in [1.82, 2.24) is 9.97 Å². The summed E-state index contributed by atoms with van der Waals surface area (Å²) in [5.41, 5.74) is -0.00793. The summed E-state index contributed by atoms with van der Waals surface area (Å²) in [5, 5.41) is 9.39. The van der Waals surface area contributed by atoms with Crippen molar-refractivity contribution >= 4 is 11.8 Å². The first kappa shape index (κ1) is 19.7. The Morgan fingerprint density at radius 3 is 2.50 bits per heavy atom. The fourth-order valence-corrected chi connectivity index (χ4v) is 3.44. The van der Waals surface area contributed by atoms with Gasteiger partial charge in [0.2, 0.25) is 0 Å². The molecule has 1 aromatic carbocycles. The van der Waals surface area contributed by atoms with Crippen molar-refractivity contribution in [3.8, 4) is 23.1 Å². The number of pyridine rings is 2. The highest BCUT2D eigenvalue weighted by Crippen LogP contribution is 2.38. The standard InChI is InChI=1S/C20H14F3N3OS/c1-27-15-6-4-14(5-7-15)18-9-17(20(21,22)23)16(10-24)19(26-18)28-12-13-3-2-8-25-11-13/h2-9,11H,12H2,1H3. The lowest BCUT2D eigenvalue weighted by Crippen LogP contribution is -2.10. The molecule has 0 amide bonds. The number of halogens is 3. The Hall–Kier alpha value is -3.05. The molecule has 8 heteroatoms. The van der Waals surface area contributed by atoms with Gasteiger partial charge in [0.15, 0.2) is 0 Å². The van der Waals surface area contributed by atoms with Crippen molar-refractivity contribution in [3.63, 3.8) is 0 Å². The molecular formula is C20H14F3N3OS. The van der Waals surface area contributed by atoms with Crippen LogP contribution in [0.4, 0.5) is 13.2 Å². The van der Waals surface area contributed by atoms with Crippen LogP contribution in [0.5, 0.6) is 5.75 Å². The van der Waals surface area contributed by atoms with Crippen LogP contribution < -0.4 is 4.74 Å². The number of nitrogens with zero attached hydrogens (tertiary/aromatic N) is 3. The minimum atomic E-state index is -4.67. The largest absolute Gasteiger partial charge is 0.497 e. The first-order chi connectivity index (χ1) is 13.4. The highest BCUT2D eigenvalue weighted by molar-refractivity contribution is 7.98. The van der Waals surface area contributed by atoms with Gasteiger partial charge in [-0.05, 0) is 42.0 Å². The van der Waals surface area contributed by atoms with E-state index in [-0.39, 0.29) is 10.7 Å². The van der Waals surface area contributed by atoms with E-state index in [0.29, 0.717) is 17.1 Å². The zero-order chi connectivity index (χ0) is 20.1. The van der Waals surface area contributed by atoms with Gasteiger partial charge in [-0.1, -0.05) is 6.07 Å². The number of benzene rings is 1. The summed E-state index contributed by atoms with van der Waals surface area (Å²) < 4.78 is 45.8. The molecule has 0 spiro atoms. The molecule has 0 aliphatic heterocycles. The van der Waals surface area contributed by atoms with E-state index in [2.05, 4.69) is 9.97 Å². The monoisotopic (exact) mass is 401 g/mol. The first-order valence-electron chi connectivity index (χ1n) is 8.11. The molecule has 28 heavy (non-hydrogen) atoms. The van der Waals surface area contributed by atoms with Crippen LogP contribution in [0.15, 0.2) is 59.9 Å². The number of methoxy groups -OCH3 is 1. The van der Waals surface area contributed by atoms with Gasteiger partial charge in [-0.25, -0.2) is 4.98 Å². The molecular weight excluding hydrogens is 387 g/mol. The quantitative estimate of drug-likeness (QED) is 0.541. The maximum Gasteiger partial charge on any atom is 0.417 e. The Bertz CT molecular complexity index is 1000. The maximum atomic E-state index is 13.6. The number of thioether (sulfide) groups is 1. The van der Waals surface area contributed by atoms with Gasteiger partial charge in [0, 0.05) is 23.7 Å². The number of aromatic nitrogens is 2. The van der Waals surface area contributed by atoms with Crippen LogP contribution in [0.2, 0.25) is 0 Å². The van der Waals surface area contributed by atoms with Gasteiger partial charge in [-0.3, -0.25) is 4.98 Å². The Morgan fingerprint density at radius 1 is 1.18 bits per heavy atom. The number of hydrogen-bond donors (Lipinski definition) is 0. The van der Waals surface area contributed by atoms with Crippen molar-refractivity contribution < 1.29 is 17.9 Å². The third-order valence-corrected chi connectivity index (χ3v) is 4.93. The lowest BCUT2D eigenvalue weighted by Gasteiger charge is -2.14. The van der Waals surface area contributed by atoms with Crippen LogP contribution in [0.25, 0.3) is 11.3 Å². The molecule has 4 nitrogen and oxygen atoms in total. The molecule has 2 aromatic heterocycles. The average Bonchev–Trinajstić information content (AvgIpc) is 2.71. The number of ether oxygens (including phenoxy) is 1. The Kier molecular flexibility index (Phi) is 5.85. The van der Waals surface area contributed by atoms with Crippen LogP contribution >= 0.6 is 11.8 Å². The molecule has 0 atom stereocenters. The predicted octanol–water partition coefficient (Wildman–Crippen LogP) is 5.33. The van der Waals surface area contributed by atoms with Crippen LogP contribution in [-0.4, -0.2) is 17.1 Å². The summed E-state index contributed by atoms with van der Waals surface area (Å²) in [6.07, 6.45) is -1.44. The smallest absolute Gasteiger partial charge is 0.417 e. The zero-order valence-corrected chi connectivity index (χ0v) is 15.5. The van der Waals surface area contributed by atoms with E-state index in [1.807, 2.05) is 6.07 Å². The van der Waals surface area contributed by atoms with Gasteiger partial charge in [-0.2, -0.15) is 18.4 Å². The zero-order valence-electron chi connectivity index (χ0n) is 14.7. The fourth-order valence-electron chi connectivity index (χ4n) is 2.50. The van der Waals surface area contributed by atoms with Crippen molar-refractivity contribution in [3.05, 3.63) is 71.5 Å². The van der Waals surface area contributed by atoms with Gasteiger partial charge in [0.1, 0.15) is 16.8 Å². The molecule has 0 bridgehead atoms. The van der Waals surface area contributed by atoms with E-state index in [1.54, 1.807) is 48.8 Å². The van der Waals surface area contributed by atoms with E-state index in [0.717, 1.165) is 23.4 Å². The summed E-state index contributed by atoms with van der Waals surface area (Å²) in [6.45, 7) is 0. The lowest BCUT2D eigenvalue weighted by atomic mass is 10.1. The topological polar surface area (TPSA) is 58.8 Å². The van der Waals surface area contributed by atoms with Crippen molar-refractivity contribution in [1.29, 1.82) is 5.26 Å². The van der Waals surface area contributed by atoms with E-state index < -0.39 is 17.3 Å². The molecule has 2 heterocycles. The molecule has 0 saturated carbocycles. The highest BCUT2D eigenvalue weighted by atomic mass is 32.2. The van der Waals surface area contributed by atoms with Crippen LogP contribution in [0.1, 0.15) is 16.7 Å². The predicted molar refractivity (Wildman–Crippen MR) is 99.7 cm³/mol. The van der Waals surface area contributed by atoms with Crippen molar-refractivity contribution in [2.24, 2.45) is 0 Å². The third-order valence-electron chi connectivity index (χ3n) is 3.89. The van der Waals surface area contributed by atoms with Gasteiger partial charge in [0.25, 0.3) is 0 Å². The second-order valence-electron chi connectivity index (χ2n) is 5.72. The molecule has 3 rings (SSSR count). The molecule has 0 unspecified atom stereocenters. The first-order valence-corrected chi connectivity index (χ1v) is 9.09. The van der Waals surface area contributed by atoms with Crippen molar-refractivity contribution in [2.45, 2.75) is 17.0 Å². The second kappa shape index (κ2) is 8.31. The third kappa shape index (κ3) is 4.43. The van der Waals surface area contributed by atoms with E-state index in [4.69, 9.17) is 4.74 Å².